The van der Waals surface area contributed by atoms with Crippen molar-refractivity contribution in [3.8, 4) is 11.3 Å². The van der Waals surface area contributed by atoms with Gasteiger partial charge in [0.25, 0.3) is 5.91 Å². The van der Waals surface area contributed by atoms with Crippen LogP contribution in [-0.4, -0.2) is 39.2 Å². The molecule has 2 aromatic heterocycles. The number of hydrogen-bond donors (Lipinski definition) is 3. The number of aliphatic hydroxyl groups excluding tert-OH is 1. The van der Waals surface area contributed by atoms with E-state index in [2.05, 4.69) is 15.3 Å². The first-order valence-electron chi connectivity index (χ1n) is 10.2. The third-order valence-corrected chi connectivity index (χ3v) is 5.51. The van der Waals surface area contributed by atoms with Crippen molar-refractivity contribution in [2.75, 3.05) is 5.32 Å². The fourth-order valence-electron chi connectivity index (χ4n) is 3.77. The number of nitrogens with one attached hydrogen (secondary N) is 1. The summed E-state index contributed by atoms with van der Waals surface area (Å²) in [7, 11) is 0. The summed E-state index contributed by atoms with van der Waals surface area (Å²) in [5, 5.41) is 12.7. The molecule has 0 bridgehead atoms. The Morgan fingerprint density at radius 2 is 1.88 bits per heavy atom. The lowest BCUT2D eigenvalue weighted by atomic mass is 9.93. The zero-order valence-corrected chi connectivity index (χ0v) is 17.5. The molecule has 0 saturated carbocycles. The third kappa shape index (κ3) is 4.58. The number of nitrogens with two attached hydrogens (primary N) is 1. The van der Waals surface area contributed by atoms with Gasteiger partial charge in [0.05, 0.1) is 35.8 Å². The van der Waals surface area contributed by atoms with Crippen LogP contribution in [0.3, 0.4) is 0 Å². The summed E-state index contributed by atoms with van der Waals surface area (Å²) >= 11 is 0. The second kappa shape index (κ2) is 9.26. The maximum Gasteiger partial charge on any atom is 0.274 e. The highest BCUT2D eigenvalue weighted by Crippen LogP contribution is 2.35. The Bertz CT molecular complexity index is 1160. The Morgan fingerprint density at radius 1 is 1.15 bits per heavy atom. The van der Waals surface area contributed by atoms with Crippen LogP contribution < -0.4 is 11.1 Å². The van der Waals surface area contributed by atoms with Crippen molar-refractivity contribution in [2.45, 2.75) is 37.7 Å². The van der Waals surface area contributed by atoms with Crippen LogP contribution in [0.25, 0.3) is 11.3 Å². The van der Waals surface area contributed by atoms with Crippen LogP contribution in [0.2, 0.25) is 0 Å². The van der Waals surface area contributed by atoms with E-state index in [0.717, 1.165) is 30.3 Å². The van der Waals surface area contributed by atoms with E-state index in [1.165, 1.54) is 12.4 Å². The Hall–Kier alpha value is -3.34. The summed E-state index contributed by atoms with van der Waals surface area (Å²) in [6.07, 6.45) is 1.38. The van der Waals surface area contributed by atoms with E-state index in [9.17, 15) is 23.1 Å². The van der Waals surface area contributed by atoms with Crippen LogP contribution in [-0.2, 0) is 4.74 Å². The van der Waals surface area contributed by atoms with Gasteiger partial charge in [0, 0.05) is 17.8 Å². The van der Waals surface area contributed by atoms with Gasteiger partial charge in [-0.2, -0.15) is 0 Å². The number of rotatable bonds is 4. The standard InChI is InChI=1S/C23H21F3N4O3/c1-11-22(31)16(27)9-19(33-11)12-7-8-28-10-18(12)30-23(32)17-6-5-15(26)21(29-17)20-13(24)3-2-4-14(20)25/h2-8,10-11,16,19,22,31H,9,27H2,1H3,(H,30,32)/t11-,16-,19-,22-/m1/s1. The SMILES string of the molecule is C[C@H]1O[C@@H](c2ccncc2NC(=O)c2ccc(F)c(-c3c(F)cccc3F)n2)C[C@@H](N)[C@@H]1O. The first kappa shape index (κ1) is 22.8. The minimum atomic E-state index is -1.00. The van der Waals surface area contributed by atoms with Crippen molar-refractivity contribution < 1.29 is 27.8 Å². The van der Waals surface area contributed by atoms with Crippen LogP contribution in [0.4, 0.5) is 18.9 Å². The number of aliphatic hydroxyl groups is 1. The summed E-state index contributed by atoms with van der Waals surface area (Å²) in [6.45, 7) is 1.70. The van der Waals surface area contributed by atoms with Crippen LogP contribution in [0.1, 0.15) is 35.5 Å². The minimum Gasteiger partial charge on any atom is -0.389 e. The number of carbonyl (C=O) groups is 1. The molecule has 1 fully saturated rings. The molecule has 33 heavy (non-hydrogen) atoms. The van der Waals surface area contributed by atoms with Crippen LogP contribution in [0.15, 0.2) is 48.8 Å². The van der Waals surface area contributed by atoms with Crippen molar-refractivity contribution >= 4 is 11.6 Å². The molecule has 4 N–H and O–H groups in total. The number of aromatic nitrogens is 2. The molecule has 0 unspecified atom stereocenters. The Labute approximate surface area is 187 Å². The average Bonchev–Trinajstić information content (AvgIpc) is 2.78. The summed E-state index contributed by atoms with van der Waals surface area (Å²) in [6, 6.07) is 6.24. The molecule has 1 saturated heterocycles. The van der Waals surface area contributed by atoms with E-state index < -0.39 is 59.0 Å². The van der Waals surface area contributed by atoms with E-state index in [1.807, 2.05) is 0 Å². The number of benzene rings is 1. The van der Waals surface area contributed by atoms with Gasteiger partial charge in [0.2, 0.25) is 0 Å². The molecule has 10 heteroatoms. The Balaban J connectivity index is 1.63. The van der Waals surface area contributed by atoms with Crippen molar-refractivity contribution in [3.63, 3.8) is 0 Å². The van der Waals surface area contributed by atoms with Crippen molar-refractivity contribution in [2.24, 2.45) is 5.73 Å². The molecule has 0 aliphatic carbocycles. The highest BCUT2D eigenvalue weighted by atomic mass is 19.1. The number of nitrogens with zero attached hydrogens (tertiary/aromatic N) is 2. The van der Waals surface area contributed by atoms with Gasteiger partial charge in [-0.25, -0.2) is 18.2 Å². The lowest BCUT2D eigenvalue weighted by Gasteiger charge is -2.37. The minimum absolute atomic E-state index is 0.256. The number of carbonyl (C=O) groups excluding carboxylic acids is 1. The number of pyridine rings is 2. The lowest BCUT2D eigenvalue weighted by molar-refractivity contribution is -0.119. The number of hydrogen-bond acceptors (Lipinski definition) is 6. The normalized spacial score (nSPS) is 22.7. The molecule has 0 radical (unpaired) electrons. The van der Waals surface area contributed by atoms with Crippen LogP contribution in [0.5, 0.6) is 0 Å². The van der Waals surface area contributed by atoms with E-state index in [0.29, 0.717) is 17.7 Å². The van der Waals surface area contributed by atoms with E-state index >= 15 is 0 Å². The van der Waals surface area contributed by atoms with Crippen LogP contribution >= 0.6 is 0 Å². The molecular formula is C23H21F3N4O3. The van der Waals surface area contributed by atoms with Crippen molar-refractivity contribution in [1.82, 2.24) is 9.97 Å². The zero-order valence-electron chi connectivity index (χ0n) is 17.5. The van der Waals surface area contributed by atoms with Crippen LogP contribution in [0, 0.1) is 17.5 Å². The number of halogens is 3. The second-order valence-electron chi connectivity index (χ2n) is 7.76. The Morgan fingerprint density at radius 3 is 2.58 bits per heavy atom. The molecule has 1 aromatic carbocycles. The quantitative estimate of drug-likeness (QED) is 0.553. The molecule has 172 valence electrons. The van der Waals surface area contributed by atoms with Gasteiger partial charge in [-0.15, -0.1) is 0 Å². The predicted octanol–water partition coefficient (Wildman–Crippen LogP) is 3.35. The number of anilines is 1. The fourth-order valence-corrected chi connectivity index (χ4v) is 3.77. The van der Waals surface area contributed by atoms with Gasteiger partial charge in [-0.1, -0.05) is 6.07 Å². The van der Waals surface area contributed by atoms with E-state index in [1.54, 1.807) is 13.0 Å². The van der Waals surface area contributed by atoms with Gasteiger partial charge in [-0.05, 0) is 43.7 Å². The zero-order chi connectivity index (χ0) is 23.7. The highest BCUT2D eigenvalue weighted by molar-refractivity contribution is 6.03. The second-order valence-corrected chi connectivity index (χ2v) is 7.76. The molecule has 7 nitrogen and oxygen atoms in total. The van der Waals surface area contributed by atoms with Gasteiger partial charge >= 0.3 is 0 Å². The van der Waals surface area contributed by atoms with Gasteiger partial charge < -0.3 is 20.9 Å². The summed E-state index contributed by atoms with van der Waals surface area (Å²) in [5.74, 6) is -3.73. The molecular weight excluding hydrogens is 437 g/mol. The molecule has 1 aliphatic heterocycles. The molecule has 1 amide bonds. The topological polar surface area (TPSA) is 110 Å². The fraction of sp³-hybridized carbons (Fsp3) is 0.261. The van der Waals surface area contributed by atoms with Crippen molar-refractivity contribution in [3.05, 3.63) is 77.5 Å². The number of ether oxygens (including phenoxy) is 1. The first-order valence-corrected chi connectivity index (χ1v) is 10.2. The highest BCUT2D eigenvalue weighted by Gasteiger charge is 2.35. The molecule has 1 aliphatic rings. The van der Waals surface area contributed by atoms with Gasteiger partial charge in [0.1, 0.15) is 28.8 Å². The molecule has 4 rings (SSSR count). The smallest absolute Gasteiger partial charge is 0.274 e. The molecule has 3 heterocycles. The molecule has 3 aromatic rings. The molecule has 4 atom stereocenters. The van der Waals surface area contributed by atoms with Gasteiger partial charge in [0.15, 0.2) is 0 Å². The maximum absolute atomic E-state index is 14.3. The Kier molecular flexibility index (Phi) is 6.41. The van der Waals surface area contributed by atoms with Crippen molar-refractivity contribution in [1.29, 1.82) is 0 Å². The predicted molar refractivity (Wildman–Crippen MR) is 114 cm³/mol. The third-order valence-electron chi connectivity index (χ3n) is 5.51. The first-order chi connectivity index (χ1) is 15.8. The van der Waals surface area contributed by atoms with E-state index in [-0.39, 0.29) is 5.69 Å². The summed E-state index contributed by atoms with van der Waals surface area (Å²) in [4.78, 5) is 20.8. The lowest BCUT2D eigenvalue weighted by Crippen LogP contribution is -2.48. The molecule has 0 spiro atoms. The summed E-state index contributed by atoms with van der Waals surface area (Å²) in [5.41, 5.74) is 5.35. The van der Waals surface area contributed by atoms with E-state index in [4.69, 9.17) is 10.5 Å². The maximum atomic E-state index is 14.3. The monoisotopic (exact) mass is 458 g/mol. The number of amides is 1. The largest absolute Gasteiger partial charge is 0.389 e. The average molecular weight is 458 g/mol. The van der Waals surface area contributed by atoms with Gasteiger partial charge in [-0.3, -0.25) is 9.78 Å². The summed E-state index contributed by atoms with van der Waals surface area (Å²) < 4.78 is 48.5.